The Balaban J connectivity index is 1.54. The lowest BCUT2D eigenvalue weighted by atomic mass is 10.2. The highest BCUT2D eigenvalue weighted by molar-refractivity contribution is 5.77. The number of carbonyl (C=O) groups excluding carboxylic acids is 1. The maximum absolute atomic E-state index is 12.0. The lowest BCUT2D eigenvalue weighted by molar-refractivity contribution is -0.120. The van der Waals surface area contributed by atoms with Gasteiger partial charge in [-0.1, -0.05) is 18.2 Å². The van der Waals surface area contributed by atoms with Gasteiger partial charge in [-0.15, -0.1) is 0 Å². The molecule has 24 heavy (non-hydrogen) atoms. The number of H-pyrrole nitrogens is 1. The number of amides is 1. The van der Waals surface area contributed by atoms with Crippen molar-refractivity contribution in [3.63, 3.8) is 0 Å². The average molecular weight is 323 g/mol. The minimum atomic E-state index is -0.130. The Morgan fingerprint density at radius 1 is 1.21 bits per heavy atom. The van der Waals surface area contributed by atoms with E-state index in [1.807, 2.05) is 42.5 Å². The first kappa shape index (κ1) is 15.7. The van der Waals surface area contributed by atoms with Gasteiger partial charge in [0, 0.05) is 12.7 Å². The number of hydrogen-bond acceptors (Lipinski definition) is 5. The van der Waals surface area contributed by atoms with Gasteiger partial charge in [-0.2, -0.15) is 5.10 Å². The van der Waals surface area contributed by atoms with Crippen LogP contribution in [0.25, 0.3) is 11.5 Å². The predicted octanol–water partition coefficient (Wildman–Crippen LogP) is 1.73. The van der Waals surface area contributed by atoms with Crippen LogP contribution in [-0.4, -0.2) is 33.2 Å². The van der Waals surface area contributed by atoms with Crippen molar-refractivity contribution >= 4 is 5.91 Å². The zero-order valence-corrected chi connectivity index (χ0v) is 13.2. The summed E-state index contributed by atoms with van der Waals surface area (Å²) in [6.07, 6.45) is 1.81. The molecule has 7 heteroatoms. The van der Waals surface area contributed by atoms with E-state index in [2.05, 4.69) is 25.5 Å². The summed E-state index contributed by atoms with van der Waals surface area (Å²) in [5.41, 5.74) is 1.66. The number of aromatic amines is 1. The first-order valence-electron chi connectivity index (χ1n) is 7.47. The van der Waals surface area contributed by atoms with Gasteiger partial charge in [-0.05, 0) is 29.8 Å². The summed E-state index contributed by atoms with van der Waals surface area (Å²) in [4.78, 5) is 20.5. The molecule has 2 heterocycles. The van der Waals surface area contributed by atoms with E-state index in [1.165, 1.54) is 0 Å². The molecule has 0 spiro atoms. The van der Waals surface area contributed by atoms with Crippen LogP contribution in [0.1, 0.15) is 11.4 Å². The molecule has 0 unspecified atom stereocenters. The molecule has 7 nitrogen and oxygen atoms in total. The van der Waals surface area contributed by atoms with Gasteiger partial charge >= 0.3 is 0 Å². The summed E-state index contributed by atoms with van der Waals surface area (Å²) in [7, 11) is 1.62. The fraction of sp³-hybridized carbons (Fsp3) is 0.176. The Labute approximate surface area is 139 Å². The van der Waals surface area contributed by atoms with Crippen molar-refractivity contribution in [3.05, 3.63) is 60.0 Å². The van der Waals surface area contributed by atoms with Crippen LogP contribution in [0, 0.1) is 0 Å². The molecule has 0 saturated heterocycles. The van der Waals surface area contributed by atoms with Crippen LogP contribution in [0.4, 0.5) is 0 Å². The van der Waals surface area contributed by atoms with Crippen molar-refractivity contribution < 1.29 is 9.53 Å². The number of nitrogens with zero attached hydrogens (tertiary/aromatic N) is 3. The van der Waals surface area contributed by atoms with E-state index in [0.29, 0.717) is 23.9 Å². The molecule has 1 aromatic carbocycles. The molecule has 0 bridgehead atoms. The molecule has 3 aromatic rings. The molecule has 0 aliphatic rings. The monoisotopic (exact) mass is 323 g/mol. The third-order valence-electron chi connectivity index (χ3n) is 3.40. The van der Waals surface area contributed by atoms with Crippen LogP contribution in [0.15, 0.2) is 48.7 Å². The lowest BCUT2D eigenvalue weighted by Crippen LogP contribution is -2.25. The molecular weight excluding hydrogens is 306 g/mol. The Morgan fingerprint density at radius 3 is 2.75 bits per heavy atom. The molecule has 2 N–H and O–H groups in total. The lowest BCUT2D eigenvalue weighted by Gasteiger charge is -2.05. The van der Waals surface area contributed by atoms with Crippen LogP contribution in [0.5, 0.6) is 5.75 Å². The van der Waals surface area contributed by atoms with Gasteiger partial charge in [0.15, 0.2) is 5.82 Å². The highest BCUT2D eigenvalue weighted by atomic mass is 16.5. The quantitative estimate of drug-likeness (QED) is 0.721. The van der Waals surface area contributed by atoms with Crippen LogP contribution in [0.2, 0.25) is 0 Å². The largest absolute Gasteiger partial charge is 0.497 e. The van der Waals surface area contributed by atoms with E-state index in [9.17, 15) is 4.79 Å². The first-order chi connectivity index (χ1) is 11.7. The van der Waals surface area contributed by atoms with E-state index in [0.717, 1.165) is 11.3 Å². The minimum absolute atomic E-state index is 0.130. The number of rotatable bonds is 6. The van der Waals surface area contributed by atoms with Gasteiger partial charge in [0.1, 0.15) is 17.3 Å². The van der Waals surface area contributed by atoms with Gasteiger partial charge in [0.2, 0.25) is 5.91 Å². The molecule has 1 amide bonds. The van der Waals surface area contributed by atoms with Crippen molar-refractivity contribution in [2.45, 2.75) is 13.0 Å². The average Bonchev–Trinajstić information content (AvgIpc) is 3.09. The smallest absolute Gasteiger partial charge is 0.227 e. The van der Waals surface area contributed by atoms with E-state index in [4.69, 9.17) is 4.74 Å². The molecule has 0 fully saturated rings. The Hall–Kier alpha value is -3.22. The van der Waals surface area contributed by atoms with Gasteiger partial charge in [0.05, 0.1) is 13.5 Å². The van der Waals surface area contributed by atoms with Crippen molar-refractivity contribution in [2.24, 2.45) is 0 Å². The van der Waals surface area contributed by atoms with E-state index < -0.39 is 0 Å². The number of benzene rings is 1. The molecule has 0 saturated carbocycles. The number of pyridine rings is 1. The van der Waals surface area contributed by atoms with Crippen LogP contribution in [-0.2, 0) is 17.8 Å². The zero-order valence-electron chi connectivity index (χ0n) is 13.2. The number of nitrogens with one attached hydrogen (secondary N) is 2. The van der Waals surface area contributed by atoms with Gasteiger partial charge in [0.25, 0.3) is 0 Å². The molecule has 122 valence electrons. The Morgan fingerprint density at radius 2 is 2.04 bits per heavy atom. The zero-order chi connectivity index (χ0) is 16.8. The summed E-state index contributed by atoms with van der Waals surface area (Å²) in [5.74, 6) is 1.64. The fourth-order valence-electron chi connectivity index (χ4n) is 2.14. The SMILES string of the molecule is COc1ccc(CNC(=O)Cc2nc(-c3ccccn3)n[nH]2)cc1. The predicted molar refractivity (Wildman–Crippen MR) is 88.2 cm³/mol. The van der Waals surface area contributed by atoms with Crippen molar-refractivity contribution in [1.82, 2.24) is 25.5 Å². The molecule has 0 radical (unpaired) electrons. The molecule has 3 rings (SSSR count). The van der Waals surface area contributed by atoms with E-state index in [1.54, 1.807) is 13.3 Å². The maximum atomic E-state index is 12.0. The Kier molecular flexibility index (Phi) is 4.81. The van der Waals surface area contributed by atoms with Crippen molar-refractivity contribution in [2.75, 3.05) is 7.11 Å². The first-order valence-corrected chi connectivity index (χ1v) is 7.47. The molecule has 2 aromatic heterocycles. The molecule has 0 aliphatic heterocycles. The second-order valence-electron chi connectivity index (χ2n) is 5.12. The highest BCUT2D eigenvalue weighted by Gasteiger charge is 2.10. The van der Waals surface area contributed by atoms with Crippen LogP contribution in [0.3, 0.4) is 0 Å². The maximum Gasteiger partial charge on any atom is 0.227 e. The third kappa shape index (κ3) is 3.95. The third-order valence-corrected chi connectivity index (χ3v) is 3.40. The summed E-state index contributed by atoms with van der Waals surface area (Å²) in [6, 6.07) is 13.0. The second-order valence-corrected chi connectivity index (χ2v) is 5.12. The minimum Gasteiger partial charge on any atom is -0.497 e. The number of hydrogen-bond donors (Lipinski definition) is 2. The van der Waals surface area contributed by atoms with Crippen LogP contribution >= 0.6 is 0 Å². The topological polar surface area (TPSA) is 92.8 Å². The van der Waals surface area contributed by atoms with Gasteiger partial charge < -0.3 is 10.1 Å². The summed E-state index contributed by atoms with van der Waals surface area (Å²) < 4.78 is 5.10. The van der Waals surface area contributed by atoms with E-state index >= 15 is 0 Å². The second kappa shape index (κ2) is 7.36. The number of methoxy groups -OCH3 is 1. The van der Waals surface area contributed by atoms with Crippen molar-refractivity contribution in [3.8, 4) is 17.3 Å². The normalized spacial score (nSPS) is 10.4. The highest BCUT2D eigenvalue weighted by Crippen LogP contribution is 2.12. The standard InChI is InChI=1S/C17H17N5O2/c1-24-13-7-5-12(6-8-13)11-19-16(23)10-15-20-17(22-21-15)14-4-2-3-9-18-14/h2-9H,10-11H2,1H3,(H,19,23)(H,20,21,22). The number of carbonyl (C=O) groups is 1. The summed E-state index contributed by atoms with van der Waals surface area (Å²) >= 11 is 0. The van der Waals surface area contributed by atoms with Gasteiger partial charge in [-0.3, -0.25) is 14.9 Å². The van der Waals surface area contributed by atoms with Gasteiger partial charge in [-0.25, -0.2) is 4.98 Å². The van der Waals surface area contributed by atoms with Crippen LogP contribution < -0.4 is 10.1 Å². The Bertz CT molecular complexity index is 799. The summed E-state index contributed by atoms with van der Waals surface area (Å²) in [6.45, 7) is 0.448. The molecule has 0 aliphatic carbocycles. The van der Waals surface area contributed by atoms with E-state index in [-0.39, 0.29) is 12.3 Å². The number of ether oxygens (including phenoxy) is 1. The molecule has 0 atom stereocenters. The molecular formula is C17H17N5O2. The fourth-order valence-corrected chi connectivity index (χ4v) is 2.14. The summed E-state index contributed by atoms with van der Waals surface area (Å²) in [5, 5.41) is 9.71. The number of aromatic nitrogens is 4. The van der Waals surface area contributed by atoms with Crippen molar-refractivity contribution in [1.29, 1.82) is 0 Å².